The molecule has 0 radical (unpaired) electrons. The third-order valence-electron chi connectivity index (χ3n) is 2.57. The summed E-state index contributed by atoms with van der Waals surface area (Å²) in [5.41, 5.74) is 6.12. The maximum Gasteiger partial charge on any atom is 0.283 e. The summed E-state index contributed by atoms with van der Waals surface area (Å²) in [5.74, 6) is 1.31. The quantitative estimate of drug-likeness (QED) is 0.550. The molecule has 3 rings (SSSR count). The Bertz CT molecular complexity index is 774. The lowest BCUT2D eigenvalue weighted by Crippen LogP contribution is -1.90. The molecule has 0 spiro atoms. The standard InChI is InChI=1S/C13H9BrFN3O2S/c14-11-4-2-9(19-11)13-18-17-12(20-13)6-21-10-3-1-7(15)5-8(10)16/h1-5H,6,16H2. The minimum atomic E-state index is -0.361. The lowest BCUT2D eigenvalue weighted by atomic mass is 10.3. The van der Waals surface area contributed by atoms with Crippen LogP contribution in [-0.2, 0) is 5.75 Å². The Morgan fingerprint density at radius 1 is 1.19 bits per heavy atom. The van der Waals surface area contributed by atoms with Crippen LogP contribution in [0.2, 0.25) is 0 Å². The fraction of sp³-hybridized carbons (Fsp3) is 0.0769. The van der Waals surface area contributed by atoms with Gasteiger partial charge < -0.3 is 14.6 Å². The summed E-state index contributed by atoms with van der Waals surface area (Å²) in [6.07, 6.45) is 0. The molecule has 2 heterocycles. The molecule has 0 aliphatic heterocycles. The van der Waals surface area contributed by atoms with Crippen LogP contribution in [0.4, 0.5) is 10.1 Å². The van der Waals surface area contributed by atoms with Crippen LogP contribution in [-0.4, -0.2) is 10.2 Å². The number of thioether (sulfide) groups is 1. The molecule has 0 aliphatic rings. The predicted molar refractivity (Wildman–Crippen MR) is 80.1 cm³/mol. The zero-order valence-corrected chi connectivity index (χ0v) is 12.9. The van der Waals surface area contributed by atoms with E-state index in [9.17, 15) is 4.39 Å². The van der Waals surface area contributed by atoms with Crippen LogP contribution in [0.15, 0.2) is 48.7 Å². The van der Waals surface area contributed by atoms with E-state index in [1.807, 2.05) is 0 Å². The van der Waals surface area contributed by atoms with Gasteiger partial charge in [0.1, 0.15) is 5.82 Å². The highest BCUT2D eigenvalue weighted by Gasteiger charge is 2.13. The fourth-order valence-electron chi connectivity index (χ4n) is 1.63. The van der Waals surface area contributed by atoms with Gasteiger partial charge in [0.05, 0.1) is 5.75 Å². The number of nitrogen functional groups attached to an aromatic ring is 1. The third kappa shape index (κ3) is 3.27. The Balaban J connectivity index is 1.70. The van der Waals surface area contributed by atoms with Crippen molar-refractivity contribution in [2.75, 3.05) is 5.73 Å². The Hall–Kier alpha value is -1.80. The van der Waals surface area contributed by atoms with Crippen LogP contribution in [0.1, 0.15) is 5.89 Å². The molecule has 0 saturated carbocycles. The van der Waals surface area contributed by atoms with Gasteiger partial charge in [0.25, 0.3) is 5.89 Å². The molecular weight excluding hydrogens is 361 g/mol. The van der Waals surface area contributed by atoms with Crippen LogP contribution in [0.3, 0.4) is 0 Å². The van der Waals surface area contributed by atoms with E-state index in [4.69, 9.17) is 14.6 Å². The van der Waals surface area contributed by atoms with Crippen LogP contribution in [0.25, 0.3) is 11.7 Å². The second-order valence-corrected chi connectivity index (χ2v) is 5.87. The van der Waals surface area contributed by atoms with Crippen molar-refractivity contribution in [3.63, 3.8) is 0 Å². The van der Waals surface area contributed by atoms with Crippen molar-refractivity contribution in [1.29, 1.82) is 0 Å². The SMILES string of the molecule is Nc1cc(F)ccc1SCc1nnc(-c2ccc(Br)o2)o1. The van der Waals surface area contributed by atoms with Gasteiger partial charge in [0.2, 0.25) is 5.89 Å². The molecule has 0 fully saturated rings. The molecule has 8 heteroatoms. The first kappa shape index (κ1) is 14.2. The number of halogens is 2. The molecule has 0 bridgehead atoms. The summed E-state index contributed by atoms with van der Waals surface area (Å²) in [5, 5.41) is 7.85. The Morgan fingerprint density at radius 2 is 2.05 bits per heavy atom. The minimum absolute atomic E-state index is 0.309. The van der Waals surface area contributed by atoms with Crippen molar-refractivity contribution in [2.45, 2.75) is 10.6 Å². The molecule has 0 atom stereocenters. The van der Waals surface area contributed by atoms with Crippen molar-refractivity contribution in [3.8, 4) is 11.7 Å². The lowest BCUT2D eigenvalue weighted by Gasteiger charge is -2.02. The van der Waals surface area contributed by atoms with Crippen molar-refractivity contribution in [2.24, 2.45) is 0 Å². The summed E-state index contributed by atoms with van der Waals surface area (Å²) in [4.78, 5) is 0.761. The first-order valence-electron chi connectivity index (χ1n) is 5.88. The Kier molecular flexibility index (Phi) is 3.98. The fourth-order valence-corrected chi connectivity index (χ4v) is 2.72. The highest BCUT2D eigenvalue weighted by molar-refractivity contribution is 9.10. The van der Waals surface area contributed by atoms with E-state index >= 15 is 0 Å². The van der Waals surface area contributed by atoms with E-state index in [1.54, 1.807) is 18.2 Å². The summed E-state index contributed by atoms with van der Waals surface area (Å²) in [7, 11) is 0. The first-order chi connectivity index (χ1) is 10.1. The maximum atomic E-state index is 13.0. The summed E-state index contributed by atoms with van der Waals surface area (Å²) in [6, 6.07) is 7.73. The van der Waals surface area contributed by atoms with Crippen LogP contribution in [0.5, 0.6) is 0 Å². The Morgan fingerprint density at radius 3 is 2.76 bits per heavy atom. The molecule has 5 nitrogen and oxygen atoms in total. The molecule has 1 aromatic carbocycles. The topological polar surface area (TPSA) is 78.1 Å². The summed E-state index contributed by atoms with van der Waals surface area (Å²) >= 11 is 4.60. The van der Waals surface area contributed by atoms with Crippen molar-refractivity contribution in [3.05, 3.63) is 46.7 Å². The highest BCUT2D eigenvalue weighted by Crippen LogP contribution is 2.29. The van der Waals surface area contributed by atoms with Crippen LogP contribution in [0, 0.1) is 5.82 Å². The normalized spacial score (nSPS) is 11.0. The smallest absolute Gasteiger partial charge is 0.283 e. The number of hydrogen-bond acceptors (Lipinski definition) is 6. The Labute approximate surface area is 131 Å². The summed E-state index contributed by atoms with van der Waals surface area (Å²) in [6.45, 7) is 0. The molecule has 2 N–H and O–H groups in total. The summed E-state index contributed by atoms with van der Waals surface area (Å²) < 4.78 is 24.4. The zero-order valence-electron chi connectivity index (χ0n) is 10.5. The largest absolute Gasteiger partial charge is 0.444 e. The molecule has 3 aromatic rings. The number of rotatable bonds is 4. The lowest BCUT2D eigenvalue weighted by molar-refractivity contribution is 0.486. The van der Waals surface area contributed by atoms with Gasteiger partial charge in [-0.25, -0.2) is 4.39 Å². The molecule has 0 aliphatic carbocycles. The molecule has 0 amide bonds. The third-order valence-corrected chi connectivity index (χ3v) is 4.07. The molecule has 108 valence electrons. The predicted octanol–water partition coefficient (Wildman–Crippen LogP) is 4.11. The van der Waals surface area contributed by atoms with E-state index in [0.717, 1.165) is 4.90 Å². The van der Waals surface area contributed by atoms with Gasteiger partial charge >= 0.3 is 0 Å². The number of benzene rings is 1. The second kappa shape index (κ2) is 5.90. The number of nitrogens with zero attached hydrogens (tertiary/aromatic N) is 2. The van der Waals surface area contributed by atoms with E-state index < -0.39 is 0 Å². The number of hydrogen-bond donors (Lipinski definition) is 1. The van der Waals surface area contributed by atoms with Crippen LogP contribution < -0.4 is 5.73 Å². The van der Waals surface area contributed by atoms with E-state index in [0.29, 0.717) is 33.7 Å². The van der Waals surface area contributed by atoms with Gasteiger partial charge in [-0.3, -0.25) is 0 Å². The van der Waals surface area contributed by atoms with Crippen molar-refractivity contribution < 1.29 is 13.2 Å². The van der Waals surface area contributed by atoms with Crippen molar-refractivity contribution >= 4 is 33.4 Å². The first-order valence-corrected chi connectivity index (χ1v) is 7.65. The number of furan rings is 1. The van der Waals surface area contributed by atoms with Gasteiger partial charge in [-0.2, -0.15) is 0 Å². The van der Waals surface area contributed by atoms with Gasteiger partial charge in [-0.1, -0.05) is 0 Å². The molecule has 0 saturated heterocycles. The molecule has 21 heavy (non-hydrogen) atoms. The average molecular weight is 370 g/mol. The van der Waals surface area contributed by atoms with E-state index in [2.05, 4.69) is 26.1 Å². The van der Waals surface area contributed by atoms with Gasteiger partial charge in [-0.05, 0) is 46.3 Å². The monoisotopic (exact) mass is 369 g/mol. The van der Waals surface area contributed by atoms with E-state index in [-0.39, 0.29) is 5.82 Å². The average Bonchev–Trinajstić information content (AvgIpc) is 3.06. The highest BCUT2D eigenvalue weighted by atomic mass is 79.9. The second-order valence-electron chi connectivity index (χ2n) is 4.08. The van der Waals surface area contributed by atoms with Gasteiger partial charge in [-0.15, -0.1) is 22.0 Å². The molecule has 2 aromatic heterocycles. The minimum Gasteiger partial charge on any atom is -0.444 e. The number of nitrogens with two attached hydrogens (primary N) is 1. The van der Waals surface area contributed by atoms with Crippen LogP contribution >= 0.6 is 27.7 Å². The zero-order chi connectivity index (χ0) is 14.8. The maximum absolute atomic E-state index is 13.0. The molecular formula is C13H9BrFN3O2S. The molecule has 0 unspecified atom stereocenters. The number of anilines is 1. The van der Waals surface area contributed by atoms with Gasteiger partial charge in [0.15, 0.2) is 10.4 Å². The van der Waals surface area contributed by atoms with Crippen molar-refractivity contribution in [1.82, 2.24) is 10.2 Å². The van der Waals surface area contributed by atoms with E-state index in [1.165, 1.54) is 23.9 Å². The number of aromatic nitrogens is 2. The van der Waals surface area contributed by atoms with Gasteiger partial charge in [0, 0.05) is 10.6 Å².